The van der Waals surface area contributed by atoms with E-state index in [0.29, 0.717) is 17.1 Å². The number of carbonyl (C=O) groups is 1. The Balaban J connectivity index is 1.87. The van der Waals surface area contributed by atoms with Crippen molar-refractivity contribution < 1.29 is 14.6 Å². The third kappa shape index (κ3) is 4.48. The fraction of sp³-hybridized carbons (Fsp3) is 0.235. The van der Waals surface area contributed by atoms with Gasteiger partial charge in [-0.2, -0.15) is 0 Å². The van der Waals surface area contributed by atoms with Crippen molar-refractivity contribution in [3.8, 4) is 0 Å². The van der Waals surface area contributed by atoms with E-state index >= 15 is 0 Å². The number of hydrogen-bond donors (Lipinski definition) is 2. The Morgan fingerprint density at radius 2 is 1.82 bits per heavy atom. The molecule has 0 bridgehead atoms. The normalized spacial score (nSPS) is 13.2. The molecule has 2 aromatic carbocycles. The number of aliphatic hydroxyl groups is 1. The summed E-state index contributed by atoms with van der Waals surface area (Å²) in [6.07, 6.45) is -2.27. The van der Waals surface area contributed by atoms with Crippen molar-refractivity contribution in [2.75, 3.05) is 0 Å². The maximum atomic E-state index is 11.8. The lowest BCUT2D eigenvalue weighted by atomic mass is 10.1. The second kappa shape index (κ2) is 7.82. The molecule has 116 valence electrons. The summed E-state index contributed by atoms with van der Waals surface area (Å²) in [6, 6.07) is 16.4. The van der Waals surface area contributed by atoms with Gasteiger partial charge in [0.05, 0.1) is 0 Å². The minimum Gasteiger partial charge on any atom is -0.443 e. The summed E-state index contributed by atoms with van der Waals surface area (Å²) >= 11 is 6.02. The molecular weight excluding hydrogens is 302 g/mol. The van der Waals surface area contributed by atoms with E-state index in [9.17, 15) is 9.90 Å². The van der Waals surface area contributed by atoms with Crippen LogP contribution in [0.5, 0.6) is 0 Å². The molecular formula is C17H18ClNO3. The Bertz CT molecular complexity index is 618. The largest absolute Gasteiger partial charge is 0.443 e. The Kier molecular flexibility index (Phi) is 5.81. The number of carbonyl (C=O) groups excluding carboxylic acids is 1. The van der Waals surface area contributed by atoms with Crippen LogP contribution < -0.4 is 5.32 Å². The van der Waals surface area contributed by atoms with Crippen molar-refractivity contribution >= 4 is 17.7 Å². The molecule has 0 aliphatic rings. The maximum absolute atomic E-state index is 11.8. The average molecular weight is 320 g/mol. The van der Waals surface area contributed by atoms with Gasteiger partial charge in [0.1, 0.15) is 12.2 Å². The number of alkyl carbamates (subject to hydrolysis) is 1. The fourth-order valence-corrected chi connectivity index (χ4v) is 2.26. The number of hydrogen-bond acceptors (Lipinski definition) is 3. The molecule has 0 saturated carbocycles. The van der Waals surface area contributed by atoms with Crippen LogP contribution in [-0.2, 0) is 11.3 Å². The highest BCUT2D eigenvalue weighted by Gasteiger charge is 2.22. The summed E-state index contributed by atoms with van der Waals surface area (Å²) < 4.78 is 5.18. The maximum Gasteiger partial charge on any atom is 0.407 e. The number of nitrogens with one attached hydrogen (secondary N) is 1. The predicted molar refractivity (Wildman–Crippen MR) is 85.6 cm³/mol. The quantitative estimate of drug-likeness (QED) is 0.883. The molecule has 0 heterocycles. The molecule has 2 atom stereocenters. The molecule has 2 aromatic rings. The minimum absolute atomic E-state index is 0.370. The summed E-state index contributed by atoms with van der Waals surface area (Å²) in [7, 11) is 0. The van der Waals surface area contributed by atoms with E-state index in [4.69, 9.17) is 16.3 Å². The molecule has 0 unspecified atom stereocenters. The first-order chi connectivity index (χ1) is 10.6. The Hall–Kier alpha value is -2.04. The van der Waals surface area contributed by atoms with Gasteiger partial charge < -0.3 is 15.2 Å². The fourth-order valence-electron chi connectivity index (χ4n) is 2.01. The first kappa shape index (κ1) is 16.3. The summed E-state index contributed by atoms with van der Waals surface area (Å²) in [5, 5.41) is 13.3. The standard InChI is InChI=1S/C17H18ClNO3/c1-12(16(20)14-9-5-6-10-15(14)18)22-17(21)19-11-13-7-3-2-4-8-13/h2-10,12,16,20H,11H2,1H3,(H,19,21)/t12-,16+/m0/s1. The van der Waals surface area contributed by atoms with Crippen LogP contribution in [0.3, 0.4) is 0 Å². The monoisotopic (exact) mass is 319 g/mol. The van der Waals surface area contributed by atoms with Crippen LogP contribution in [0.4, 0.5) is 4.79 Å². The SMILES string of the molecule is C[C@H](OC(=O)NCc1ccccc1)[C@@H](O)c1ccccc1Cl. The summed E-state index contributed by atoms with van der Waals surface area (Å²) in [4.78, 5) is 11.8. The van der Waals surface area contributed by atoms with Crippen LogP contribution in [0.15, 0.2) is 54.6 Å². The lowest BCUT2D eigenvalue weighted by Gasteiger charge is -2.20. The molecule has 2 N–H and O–H groups in total. The highest BCUT2D eigenvalue weighted by Crippen LogP contribution is 2.26. The van der Waals surface area contributed by atoms with Crippen molar-refractivity contribution in [1.29, 1.82) is 0 Å². The van der Waals surface area contributed by atoms with Crippen molar-refractivity contribution in [1.82, 2.24) is 5.32 Å². The van der Waals surface area contributed by atoms with Crippen LogP contribution in [0.2, 0.25) is 5.02 Å². The van der Waals surface area contributed by atoms with Crippen LogP contribution in [0.25, 0.3) is 0 Å². The molecule has 0 saturated heterocycles. The van der Waals surface area contributed by atoms with E-state index in [0.717, 1.165) is 5.56 Å². The van der Waals surface area contributed by atoms with Gasteiger partial charge in [0, 0.05) is 17.1 Å². The lowest BCUT2D eigenvalue weighted by Crippen LogP contribution is -2.30. The van der Waals surface area contributed by atoms with Gasteiger partial charge in [0.2, 0.25) is 0 Å². The highest BCUT2D eigenvalue weighted by molar-refractivity contribution is 6.31. The molecule has 0 fully saturated rings. The van der Waals surface area contributed by atoms with E-state index in [2.05, 4.69) is 5.32 Å². The zero-order chi connectivity index (χ0) is 15.9. The highest BCUT2D eigenvalue weighted by atomic mass is 35.5. The van der Waals surface area contributed by atoms with Gasteiger partial charge in [0.15, 0.2) is 0 Å². The first-order valence-electron chi connectivity index (χ1n) is 6.99. The number of halogens is 1. The third-order valence-electron chi connectivity index (χ3n) is 3.24. The van der Waals surface area contributed by atoms with Gasteiger partial charge in [-0.25, -0.2) is 4.79 Å². The molecule has 0 spiro atoms. The molecule has 2 rings (SSSR count). The minimum atomic E-state index is -0.976. The van der Waals surface area contributed by atoms with Gasteiger partial charge in [0.25, 0.3) is 0 Å². The zero-order valence-electron chi connectivity index (χ0n) is 12.2. The first-order valence-corrected chi connectivity index (χ1v) is 7.36. The van der Waals surface area contributed by atoms with Gasteiger partial charge in [-0.1, -0.05) is 60.1 Å². The molecule has 22 heavy (non-hydrogen) atoms. The number of amides is 1. The van der Waals surface area contributed by atoms with Crippen LogP contribution >= 0.6 is 11.6 Å². The van der Waals surface area contributed by atoms with E-state index < -0.39 is 18.3 Å². The second-order valence-corrected chi connectivity index (χ2v) is 5.32. The molecule has 0 aromatic heterocycles. The van der Waals surface area contributed by atoms with E-state index in [1.165, 1.54) is 0 Å². The van der Waals surface area contributed by atoms with E-state index in [1.54, 1.807) is 31.2 Å². The van der Waals surface area contributed by atoms with Crippen molar-refractivity contribution in [3.63, 3.8) is 0 Å². The molecule has 0 aliphatic heterocycles. The summed E-state index contributed by atoms with van der Waals surface area (Å²) in [5.74, 6) is 0. The van der Waals surface area contributed by atoms with Crippen molar-refractivity contribution in [2.45, 2.75) is 25.7 Å². The Labute approximate surface area is 134 Å². The third-order valence-corrected chi connectivity index (χ3v) is 3.59. The second-order valence-electron chi connectivity index (χ2n) is 4.92. The number of ether oxygens (including phenoxy) is 1. The Morgan fingerprint density at radius 3 is 2.50 bits per heavy atom. The van der Waals surface area contributed by atoms with Gasteiger partial charge in [-0.3, -0.25) is 0 Å². The number of aliphatic hydroxyl groups excluding tert-OH is 1. The van der Waals surface area contributed by atoms with Crippen molar-refractivity contribution in [2.24, 2.45) is 0 Å². The smallest absolute Gasteiger partial charge is 0.407 e. The number of benzene rings is 2. The van der Waals surface area contributed by atoms with Crippen LogP contribution in [-0.4, -0.2) is 17.3 Å². The predicted octanol–water partition coefficient (Wildman–Crippen LogP) is 3.69. The summed E-state index contributed by atoms with van der Waals surface area (Å²) in [6.45, 7) is 1.99. The molecule has 1 amide bonds. The van der Waals surface area contributed by atoms with E-state index in [1.807, 2.05) is 30.3 Å². The Morgan fingerprint density at radius 1 is 1.18 bits per heavy atom. The van der Waals surface area contributed by atoms with Gasteiger partial charge in [-0.15, -0.1) is 0 Å². The summed E-state index contributed by atoms with van der Waals surface area (Å²) in [5.41, 5.74) is 1.51. The number of rotatable bonds is 5. The van der Waals surface area contributed by atoms with Gasteiger partial charge >= 0.3 is 6.09 Å². The van der Waals surface area contributed by atoms with Crippen LogP contribution in [0.1, 0.15) is 24.2 Å². The zero-order valence-corrected chi connectivity index (χ0v) is 13.0. The lowest BCUT2D eigenvalue weighted by molar-refractivity contribution is 0.0118. The topological polar surface area (TPSA) is 58.6 Å². The molecule has 0 radical (unpaired) electrons. The average Bonchev–Trinajstić information content (AvgIpc) is 2.53. The molecule has 5 heteroatoms. The van der Waals surface area contributed by atoms with Crippen molar-refractivity contribution in [3.05, 3.63) is 70.7 Å². The molecule has 4 nitrogen and oxygen atoms in total. The molecule has 0 aliphatic carbocycles. The van der Waals surface area contributed by atoms with Crippen LogP contribution in [0, 0.1) is 0 Å². The van der Waals surface area contributed by atoms with Gasteiger partial charge in [-0.05, 0) is 18.6 Å². The van der Waals surface area contributed by atoms with E-state index in [-0.39, 0.29) is 0 Å².